The van der Waals surface area contributed by atoms with Crippen LogP contribution >= 0.6 is 0 Å². The molecule has 1 aromatic rings. The lowest BCUT2D eigenvalue weighted by molar-refractivity contribution is 0.0464. The molecule has 1 aromatic heterocycles. The third-order valence-corrected chi connectivity index (χ3v) is 3.00. The standard InChI is InChI=1S/C14H22N2O3/c1-14(2,3)19-13(17)16-11-7-10(8-11)15-9-12-5-4-6-18-12/h4-6,10-11,15H,7-9H2,1-3H3,(H,16,17). The summed E-state index contributed by atoms with van der Waals surface area (Å²) in [4.78, 5) is 11.5. The molecule has 1 aliphatic carbocycles. The van der Waals surface area contributed by atoms with E-state index in [-0.39, 0.29) is 12.1 Å². The summed E-state index contributed by atoms with van der Waals surface area (Å²) < 4.78 is 10.5. The van der Waals surface area contributed by atoms with Crippen molar-refractivity contribution in [2.45, 2.75) is 57.8 Å². The summed E-state index contributed by atoms with van der Waals surface area (Å²) in [6.07, 6.45) is 3.20. The molecule has 0 atom stereocenters. The summed E-state index contributed by atoms with van der Waals surface area (Å²) >= 11 is 0. The average Bonchev–Trinajstić information content (AvgIpc) is 2.71. The highest BCUT2D eigenvalue weighted by Crippen LogP contribution is 2.21. The number of amides is 1. The molecule has 1 aliphatic rings. The average molecular weight is 266 g/mol. The Bertz CT molecular complexity index is 403. The third kappa shape index (κ3) is 4.59. The van der Waals surface area contributed by atoms with Gasteiger partial charge in [-0.1, -0.05) is 0 Å². The molecule has 0 saturated heterocycles. The van der Waals surface area contributed by atoms with Gasteiger partial charge in [0.2, 0.25) is 0 Å². The summed E-state index contributed by atoms with van der Waals surface area (Å²) in [5.41, 5.74) is -0.440. The minimum Gasteiger partial charge on any atom is -0.468 e. The van der Waals surface area contributed by atoms with Crippen molar-refractivity contribution >= 4 is 6.09 Å². The number of nitrogens with one attached hydrogen (secondary N) is 2. The molecule has 5 heteroatoms. The SMILES string of the molecule is CC(C)(C)OC(=O)NC1CC(NCc2ccco2)C1. The van der Waals surface area contributed by atoms with Crippen LogP contribution in [0.25, 0.3) is 0 Å². The van der Waals surface area contributed by atoms with E-state index in [2.05, 4.69) is 10.6 Å². The lowest BCUT2D eigenvalue weighted by Gasteiger charge is -2.36. The van der Waals surface area contributed by atoms with Crippen LogP contribution in [0.2, 0.25) is 0 Å². The summed E-state index contributed by atoms with van der Waals surface area (Å²) in [5, 5.41) is 6.26. The molecule has 0 bridgehead atoms. The molecule has 2 N–H and O–H groups in total. The first-order valence-corrected chi connectivity index (χ1v) is 6.67. The van der Waals surface area contributed by atoms with Gasteiger partial charge in [0.1, 0.15) is 11.4 Å². The summed E-state index contributed by atoms with van der Waals surface area (Å²) in [6, 6.07) is 4.47. The zero-order chi connectivity index (χ0) is 13.9. The van der Waals surface area contributed by atoms with Crippen molar-refractivity contribution in [1.29, 1.82) is 0 Å². The number of carbonyl (C=O) groups excluding carboxylic acids is 1. The summed E-state index contributed by atoms with van der Waals surface area (Å²) in [6.45, 7) is 6.32. The molecule has 1 amide bonds. The zero-order valence-corrected chi connectivity index (χ0v) is 11.7. The van der Waals surface area contributed by atoms with Crippen molar-refractivity contribution in [1.82, 2.24) is 10.6 Å². The van der Waals surface area contributed by atoms with E-state index in [1.54, 1.807) is 6.26 Å². The highest BCUT2D eigenvalue weighted by molar-refractivity contribution is 5.68. The van der Waals surface area contributed by atoms with Crippen molar-refractivity contribution in [3.05, 3.63) is 24.2 Å². The van der Waals surface area contributed by atoms with E-state index in [1.165, 1.54) is 0 Å². The minimum absolute atomic E-state index is 0.212. The van der Waals surface area contributed by atoms with E-state index >= 15 is 0 Å². The molecule has 0 aliphatic heterocycles. The van der Waals surface area contributed by atoms with Gasteiger partial charge in [0, 0.05) is 12.1 Å². The van der Waals surface area contributed by atoms with Crippen LogP contribution < -0.4 is 10.6 Å². The maximum absolute atomic E-state index is 11.5. The summed E-state index contributed by atoms with van der Waals surface area (Å²) in [7, 11) is 0. The Labute approximate surface area is 113 Å². The second-order valence-electron chi connectivity index (χ2n) is 5.97. The molecule has 1 heterocycles. The van der Waals surface area contributed by atoms with Crippen LogP contribution in [0.3, 0.4) is 0 Å². The first-order valence-electron chi connectivity index (χ1n) is 6.67. The van der Waals surface area contributed by atoms with E-state index in [0.717, 1.165) is 25.1 Å². The zero-order valence-electron chi connectivity index (χ0n) is 11.7. The van der Waals surface area contributed by atoms with E-state index in [4.69, 9.17) is 9.15 Å². The van der Waals surface area contributed by atoms with E-state index in [1.807, 2.05) is 32.9 Å². The number of furan rings is 1. The van der Waals surface area contributed by atoms with Gasteiger partial charge in [-0.3, -0.25) is 0 Å². The van der Waals surface area contributed by atoms with Crippen LogP contribution in [-0.2, 0) is 11.3 Å². The molecule has 1 fully saturated rings. The molecule has 106 valence electrons. The van der Waals surface area contributed by atoms with E-state index in [0.29, 0.717) is 6.04 Å². The van der Waals surface area contributed by atoms with Gasteiger partial charge in [0.15, 0.2) is 0 Å². The fourth-order valence-corrected chi connectivity index (χ4v) is 2.03. The Morgan fingerprint density at radius 2 is 2.16 bits per heavy atom. The van der Waals surface area contributed by atoms with Gasteiger partial charge in [-0.2, -0.15) is 0 Å². The van der Waals surface area contributed by atoms with Crippen LogP contribution in [0.15, 0.2) is 22.8 Å². The summed E-state index contributed by atoms with van der Waals surface area (Å²) in [5.74, 6) is 0.934. The Morgan fingerprint density at radius 3 is 2.74 bits per heavy atom. The fourth-order valence-electron chi connectivity index (χ4n) is 2.03. The van der Waals surface area contributed by atoms with Gasteiger partial charge in [0.25, 0.3) is 0 Å². The van der Waals surface area contributed by atoms with Gasteiger partial charge >= 0.3 is 6.09 Å². The van der Waals surface area contributed by atoms with Gasteiger partial charge in [-0.05, 0) is 45.7 Å². The molecule has 0 spiro atoms. The van der Waals surface area contributed by atoms with Crippen molar-refractivity contribution in [3.63, 3.8) is 0 Å². The molecule has 0 unspecified atom stereocenters. The predicted octanol–water partition coefficient (Wildman–Crippen LogP) is 2.42. The smallest absolute Gasteiger partial charge is 0.407 e. The topological polar surface area (TPSA) is 63.5 Å². The lowest BCUT2D eigenvalue weighted by atomic mass is 9.87. The normalized spacial score (nSPS) is 22.7. The van der Waals surface area contributed by atoms with Crippen molar-refractivity contribution in [2.24, 2.45) is 0 Å². The largest absolute Gasteiger partial charge is 0.468 e. The second kappa shape index (κ2) is 5.65. The molecule has 0 radical (unpaired) electrons. The quantitative estimate of drug-likeness (QED) is 0.878. The molecule has 5 nitrogen and oxygen atoms in total. The molecule has 0 aromatic carbocycles. The molecule has 2 rings (SSSR count). The Kier molecular flexibility index (Phi) is 4.14. The number of ether oxygens (including phenoxy) is 1. The number of rotatable bonds is 4. The first kappa shape index (κ1) is 13.9. The molecule has 1 saturated carbocycles. The van der Waals surface area contributed by atoms with Crippen LogP contribution in [0.1, 0.15) is 39.4 Å². The maximum Gasteiger partial charge on any atom is 0.407 e. The number of alkyl carbamates (subject to hydrolysis) is 1. The number of hydrogen-bond donors (Lipinski definition) is 2. The second-order valence-corrected chi connectivity index (χ2v) is 5.97. The van der Waals surface area contributed by atoms with Gasteiger partial charge in [-0.25, -0.2) is 4.79 Å². The highest BCUT2D eigenvalue weighted by Gasteiger charge is 2.31. The van der Waals surface area contributed by atoms with Gasteiger partial charge < -0.3 is 19.8 Å². The van der Waals surface area contributed by atoms with Crippen molar-refractivity contribution in [3.8, 4) is 0 Å². The molecular weight excluding hydrogens is 244 g/mol. The van der Waals surface area contributed by atoms with Crippen LogP contribution in [0, 0.1) is 0 Å². The minimum atomic E-state index is -0.440. The number of hydrogen-bond acceptors (Lipinski definition) is 4. The monoisotopic (exact) mass is 266 g/mol. The van der Waals surface area contributed by atoms with E-state index < -0.39 is 5.60 Å². The highest BCUT2D eigenvalue weighted by atomic mass is 16.6. The predicted molar refractivity (Wildman–Crippen MR) is 71.7 cm³/mol. The molecular formula is C14H22N2O3. The lowest BCUT2D eigenvalue weighted by Crippen LogP contribution is -2.52. The Hall–Kier alpha value is -1.49. The van der Waals surface area contributed by atoms with Gasteiger partial charge in [-0.15, -0.1) is 0 Å². The third-order valence-electron chi connectivity index (χ3n) is 3.00. The van der Waals surface area contributed by atoms with Crippen LogP contribution in [-0.4, -0.2) is 23.8 Å². The van der Waals surface area contributed by atoms with Gasteiger partial charge in [0.05, 0.1) is 12.8 Å². The Morgan fingerprint density at radius 1 is 1.42 bits per heavy atom. The van der Waals surface area contributed by atoms with Crippen molar-refractivity contribution < 1.29 is 13.9 Å². The Balaban J connectivity index is 1.60. The first-order chi connectivity index (χ1) is 8.92. The van der Waals surface area contributed by atoms with Crippen LogP contribution in [0.5, 0.6) is 0 Å². The number of carbonyl (C=O) groups is 1. The van der Waals surface area contributed by atoms with E-state index in [9.17, 15) is 4.79 Å². The van der Waals surface area contributed by atoms with Crippen LogP contribution in [0.4, 0.5) is 4.79 Å². The van der Waals surface area contributed by atoms with Crippen molar-refractivity contribution in [2.75, 3.05) is 0 Å². The molecule has 19 heavy (non-hydrogen) atoms. The maximum atomic E-state index is 11.5. The fraction of sp³-hybridized carbons (Fsp3) is 0.643.